The molecule has 1 rings (SSSR count). The van der Waals surface area contributed by atoms with Gasteiger partial charge in [0, 0.05) is 12.0 Å². The molecule has 0 spiro atoms. The molecule has 11 heavy (non-hydrogen) atoms. The van der Waals surface area contributed by atoms with Crippen molar-refractivity contribution in [3.05, 3.63) is 29.6 Å². The molecule has 0 aromatic carbocycles. The first-order valence-corrected chi connectivity index (χ1v) is 3.64. The third-order valence-corrected chi connectivity index (χ3v) is 1.12. The molecule has 60 valence electrons. The maximum absolute atomic E-state index is 9.94. The van der Waals surface area contributed by atoms with E-state index >= 15 is 0 Å². The molecule has 0 fully saturated rings. The Morgan fingerprint density at radius 3 is 2.45 bits per heavy atom. The zero-order chi connectivity index (χ0) is 8.69. The Labute approximate surface area is 66.5 Å². The van der Waals surface area contributed by atoms with Crippen molar-refractivity contribution in [2.45, 2.75) is 20.3 Å². The Hall–Kier alpha value is -1.27. The Morgan fingerprint density at radius 1 is 1.45 bits per heavy atom. The van der Waals surface area contributed by atoms with Crippen molar-refractivity contribution in [2.24, 2.45) is 0 Å². The van der Waals surface area contributed by atoms with Gasteiger partial charge in [0.25, 0.3) is 0 Å². The Kier molecular flexibility index (Phi) is 4.87. The molecular weight excluding hydrogens is 140 g/mol. The molecule has 1 aliphatic rings. The van der Waals surface area contributed by atoms with Crippen molar-refractivity contribution in [1.82, 2.24) is 0 Å². The summed E-state index contributed by atoms with van der Waals surface area (Å²) in [6, 6.07) is 0. The van der Waals surface area contributed by atoms with Crippen molar-refractivity contribution in [3.8, 4) is 0 Å². The predicted molar refractivity (Wildman–Crippen MR) is 45.0 cm³/mol. The fourth-order valence-electron chi connectivity index (χ4n) is 0.612. The topological polar surface area (TPSA) is 37.3 Å². The molecule has 0 aromatic heterocycles. The van der Waals surface area contributed by atoms with E-state index in [9.17, 15) is 4.79 Å². The van der Waals surface area contributed by atoms with Crippen LogP contribution in [0.2, 0.25) is 0 Å². The van der Waals surface area contributed by atoms with E-state index < -0.39 is 0 Å². The van der Waals surface area contributed by atoms with E-state index in [4.69, 9.17) is 5.11 Å². The SMILES string of the molecule is CC.O=C=C1C=CC(O)=CC1. The van der Waals surface area contributed by atoms with Crippen LogP contribution >= 0.6 is 0 Å². The highest BCUT2D eigenvalue weighted by molar-refractivity contribution is 5.59. The van der Waals surface area contributed by atoms with Crippen molar-refractivity contribution >= 4 is 5.94 Å². The number of aliphatic hydroxyl groups excluding tert-OH is 1. The minimum Gasteiger partial charge on any atom is -0.508 e. The second kappa shape index (κ2) is 5.51. The normalized spacial score (nSPS) is 14.4. The van der Waals surface area contributed by atoms with E-state index in [2.05, 4.69) is 0 Å². The third-order valence-electron chi connectivity index (χ3n) is 1.12. The van der Waals surface area contributed by atoms with E-state index in [1.807, 2.05) is 13.8 Å². The first kappa shape index (κ1) is 9.73. The van der Waals surface area contributed by atoms with E-state index in [-0.39, 0.29) is 5.76 Å². The summed E-state index contributed by atoms with van der Waals surface area (Å²) in [5, 5.41) is 8.75. The molecule has 0 atom stereocenters. The fourth-order valence-corrected chi connectivity index (χ4v) is 0.612. The summed E-state index contributed by atoms with van der Waals surface area (Å²) < 4.78 is 0. The minimum absolute atomic E-state index is 0.217. The van der Waals surface area contributed by atoms with E-state index in [0.29, 0.717) is 12.0 Å². The molecule has 2 heteroatoms. The van der Waals surface area contributed by atoms with Crippen LogP contribution in [0.5, 0.6) is 0 Å². The first-order chi connectivity index (χ1) is 5.33. The largest absolute Gasteiger partial charge is 0.508 e. The summed E-state index contributed by atoms with van der Waals surface area (Å²) in [6.07, 6.45) is 5.10. The molecule has 2 nitrogen and oxygen atoms in total. The van der Waals surface area contributed by atoms with E-state index in [0.717, 1.165) is 0 Å². The van der Waals surface area contributed by atoms with Crippen LogP contribution in [0.3, 0.4) is 0 Å². The third kappa shape index (κ3) is 3.43. The van der Waals surface area contributed by atoms with Crippen LogP contribution in [0, 0.1) is 0 Å². The van der Waals surface area contributed by atoms with Gasteiger partial charge in [-0.05, 0) is 18.2 Å². The quantitative estimate of drug-likeness (QED) is 0.540. The number of allylic oxidation sites excluding steroid dienone is 4. The highest BCUT2D eigenvalue weighted by Gasteiger charge is 1.97. The van der Waals surface area contributed by atoms with Gasteiger partial charge in [0.1, 0.15) is 11.7 Å². The smallest absolute Gasteiger partial charge is 0.128 e. The lowest BCUT2D eigenvalue weighted by molar-refractivity contribution is 0.429. The molecule has 0 radical (unpaired) electrons. The fraction of sp³-hybridized carbons (Fsp3) is 0.333. The molecule has 1 N–H and O–H groups in total. The van der Waals surface area contributed by atoms with Gasteiger partial charge in [-0.25, -0.2) is 4.79 Å². The average Bonchev–Trinajstić information content (AvgIpc) is 2.10. The molecule has 0 unspecified atom stereocenters. The average molecular weight is 152 g/mol. The van der Waals surface area contributed by atoms with Crippen LogP contribution in [0.4, 0.5) is 0 Å². The van der Waals surface area contributed by atoms with Gasteiger partial charge in [-0.15, -0.1) is 0 Å². The van der Waals surface area contributed by atoms with Crippen LogP contribution in [-0.4, -0.2) is 11.0 Å². The molecule has 1 aliphatic carbocycles. The summed E-state index contributed by atoms with van der Waals surface area (Å²) in [4.78, 5) is 9.94. The predicted octanol–water partition coefficient (Wildman–Crippen LogP) is 2.17. The molecule has 0 aromatic rings. The molecule has 0 aliphatic heterocycles. The standard InChI is InChI=1S/C7H6O2.C2H6/c8-5-6-1-3-7(9)4-2-6;1-2/h1,3-4,9H,2H2;1-2H3. The molecule has 0 saturated carbocycles. The van der Waals surface area contributed by atoms with Crippen molar-refractivity contribution in [2.75, 3.05) is 0 Å². The maximum Gasteiger partial charge on any atom is 0.128 e. The first-order valence-electron chi connectivity index (χ1n) is 3.64. The molecule has 0 saturated heterocycles. The van der Waals surface area contributed by atoms with Gasteiger partial charge in [-0.2, -0.15) is 0 Å². The Morgan fingerprint density at radius 2 is 2.09 bits per heavy atom. The number of aliphatic hydroxyl groups is 1. The minimum atomic E-state index is 0.217. The molecule has 0 heterocycles. The highest BCUT2D eigenvalue weighted by atomic mass is 16.3. The summed E-state index contributed by atoms with van der Waals surface area (Å²) in [5.74, 6) is 1.97. The van der Waals surface area contributed by atoms with Crippen LogP contribution < -0.4 is 0 Å². The summed E-state index contributed by atoms with van der Waals surface area (Å²) in [7, 11) is 0. The van der Waals surface area contributed by atoms with Gasteiger partial charge in [-0.1, -0.05) is 13.8 Å². The van der Waals surface area contributed by atoms with Crippen LogP contribution in [0.1, 0.15) is 20.3 Å². The van der Waals surface area contributed by atoms with Crippen LogP contribution in [-0.2, 0) is 4.79 Å². The maximum atomic E-state index is 9.94. The van der Waals surface area contributed by atoms with Gasteiger partial charge < -0.3 is 5.11 Å². The highest BCUT2D eigenvalue weighted by Crippen LogP contribution is 2.09. The van der Waals surface area contributed by atoms with Gasteiger partial charge in [0.2, 0.25) is 0 Å². The van der Waals surface area contributed by atoms with E-state index in [1.165, 1.54) is 6.08 Å². The van der Waals surface area contributed by atoms with Crippen LogP contribution in [0.25, 0.3) is 0 Å². The summed E-state index contributed by atoms with van der Waals surface area (Å²) in [5.41, 5.74) is 0.577. The van der Waals surface area contributed by atoms with Crippen molar-refractivity contribution < 1.29 is 9.90 Å². The van der Waals surface area contributed by atoms with Crippen molar-refractivity contribution in [1.29, 1.82) is 0 Å². The van der Waals surface area contributed by atoms with Gasteiger partial charge in [0.15, 0.2) is 0 Å². The lowest BCUT2D eigenvalue weighted by Crippen LogP contribution is -1.86. The lowest BCUT2D eigenvalue weighted by atomic mass is 10.1. The molecule has 0 bridgehead atoms. The Balaban J connectivity index is 0.000000461. The summed E-state index contributed by atoms with van der Waals surface area (Å²) in [6.45, 7) is 4.00. The number of carbonyl (C=O) groups excluding carboxylic acids is 1. The number of rotatable bonds is 0. The second-order valence-electron chi connectivity index (χ2n) is 1.79. The lowest BCUT2D eigenvalue weighted by Gasteiger charge is -1.97. The molecular formula is C9H12O2. The monoisotopic (exact) mass is 152 g/mol. The summed E-state index contributed by atoms with van der Waals surface area (Å²) >= 11 is 0. The molecule has 0 amide bonds. The van der Waals surface area contributed by atoms with Gasteiger partial charge in [-0.3, -0.25) is 0 Å². The Bertz CT molecular complexity index is 218. The number of hydrogen-bond donors (Lipinski definition) is 1. The van der Waals surface area contributed by atoms with E-state index in [1.54, 1.807) is 18.1 Å². The zero-order valence-electron chi connectivity index (χ0n) is 6.79. The number of hydrogen-bond acceptors (Lipinski definition) is 2. The second-order valence-corrected chi connectivity index (χ2v) is 1.79. The van der Waals surface area contributed by atoms with Gasteiger partial charge >= 0.3 is 0 Å². The van der Waals surface area contributed by atoms with Crippen LogP contribution in [0.15, 0.2) is 29.6 Å². The zero-order valence-corrected chi connectivity index (χ0v) is 6.79. The van der Waals surface area contributed by atoms with Gasteiger partial charge in [0.05, 0.1) is 0 Å². The van der Waals surface area contributed by atoms with Crippen molar-refractivity contribution in [3.63, 3.8) is 0 Å².